The number of carbonyl (C=O) groups excluding carboxylic acids is 3. The lowest BCUT2D eigenvalue weighted by molar-refractivity contribution is -0.313. The van der Waals surface area contributed by atoms with Crippen LogP contribution in [-0.2, 0) is 9.59 Å². The van der Waals surface area contributed by atoms with Crippen LogP contribution < -0.4 is 15.5 Å². The number of hydrogen-bond acceptors (Lipinski definition) is 5. The van der Waals surface area contributed by atoms with Gasteiger partial charge in [0.2, 0.25) is 5.91 Å². The Bertz CT molecular complexity index is 567. The number of carboxylic acid groups (broad SMARTS) is 2. The number of hydrogen-bond donors (Lipinski definition) is 1. The summed E-state index contributed by atoms with van der Waals surface area (Å²) in [6.07, 6.45) is 3.31. The van der Waals surface area contributed by atoms with Crippen LogP contribution >= 0.6 is 0 Å². The van der Waals surface area contributed by atoms with Gasteiger partial charge >= 0.3 is 0 Å². The lowest BCUT2D eigenvalue weighted by atomic mass is 9.86. The Morgan fingerprint density at radius 3 is 2.21 bits per heavy atom. The zero-order valence-electron chi connectivity index (χ0n) is 14.0. The summed E-state index contributed by atoms with van der Waals surface area (Å²) in [7, 11) is 0. The van der Waals surface area contributed by atoms with E-state index in [1.54, 1.807) is 6.92 Å². The van der Waals surface area contributed by atoms with Gasteiger partial charge in [0.05, 0.1) is 5.97 Å². The second kappa shape index (κ2) is 9.70. The average molecular weight is 333 g/mol. The van der Waals surface area contributed by atoms with Gasteiger partial charge in [-0.15, -0.1) is 0 Å². The Morgan fingerprint density at radius 2 is 1.71 bits per heavy atom. The molecular formula is C18H23NO5-2. The Labute approximate surface area is 141 Å². The smallest absolute Gasteiger partial charge is 0.224 e. The van der Waals surface area contributed by atoms with Crippen molar-refractivity contribution in [2.24, 2.45) is 11.8 Å². The fraction of sp³-hybridized carbons (Fsp3) is 0.500. The van der Waals surface area contributed by atoms with Crippen molar-refractivity contribution in [2.75, 3.05) is 5.32 Å². The number of amides is 1. The summed E-state index contributed by atoms with van der Waals surface area (Å²) < 4.78 is 0. The van der Waals surface area contributed by atoms with Gasteiger partial charge in [0.25, 0.3) is 0 Å². The van der Waals surface area contributed by atoms with Crippen LogP contribution in [0.2, 0.25) is 0 Å². The van der Waals surface area contributed by atoms with E-state index in [2.05, 4.69) is 5.32 Å². The first-order valence-corrected chi connectivity index (χ1v) is 8.17. The molecule has 0 aromatic heterocycles. The van der Waals surface area contributed by atoms with Crippen molar-refractivity contribution in [3.8, 4) is 0 Å². The highest BCUT2D eigenvalue weighted by Gasteiger charge is 2.21. The van der Waals surface area contributed by atoms with Gasteiger partial charge < -0.3 is 25.1 Å². The topological polar surface area (TPSA) is 109 Å². The van der Waals surface area contributed by atoms with E-state index < -0.39 is 17.9 Å². The maximum atomic E-state index is 12.0. The second-order valence-electron chi connectivity index (χ2n) is 6.02. The highest BCUT2D eigenvalue weighted by molar-refractivity contribution is 5.92. The van der Waals surface area contributed by atoms with E-state index >= 15 is 0 Å². The van der Waals surface area contributed by atoms with Crippen LogP contribution in [0.1, 0.15) is 56.3 Å². The maximum Gasteiger partial charge on any atom is 0.224 e. The number of benzene rings is 1. The molecule has 6 nitrogen and oxygen atoms in total. The van der Waals surface area contributed by atoms with E-state index in [1.165, 1.54) is 24.3 Å². The number of aliphatic carboxylic acids is 1. The largest absolute Gasteiger partial charge is 0.550 e. The fourth-order valence-corrected chi connectivity index (χ4v) is 2.59. The summed E-state index contributed by atoms with van der Waals surface area (Å²) in [5.74, 6) is -3.71. The minimum absolute atomic E-state index is 0.0225. The van der Waals surface area contributed by atoms with Gasteiger partial charge in [-0.3, -0.25) is 4.79 Å². The van der Waals surface area contributed by atoms with E-state index in [9.17, 15) is 24.6 Å². The molecule has 1 aromatic rings. The minimum atomic E-state index is -1.29. The van der Waals surface area contributed by atoms with Crippen molar-refractivity contribution in [3.05, 3.63) is 29.8 Å². The molecule has 0 fully saturated rings. The Balaban J connectivity index is 2.57. The third-order valence-corrected chi connectivity index (χ3v) is 4.02. The molecular weight excluding hydrogens is 310 g/mol. The normalized spacial score (nSPS) is 13.1. The monoisotopic (exact) mass is 333 g/mol. The van der Waals surface area contributed by atoms with Crippen LogP contribution in [0, 0.1) is 11.8 Å². The van der Waals surface area contributed by atoms with Gasteiger partial charge in [0, 0.05) is 24.0 Å². The third-order valence-electron chi connectivity index (χ3n) is 4.02. The van der Waals surface area contributed by atoms with Crippen LogP contribution in [0.4, 0.5) is 5.69 Å². The zero-order chi connectivity index (χ0) is 18.1. The molecule has 1 aromatic carbocycles. The van der Waals surface area contributed by atoms with Gasteiger partial charge in [-0.1, -0.05) is 45.2 Å². The molecule has 0 bridgehead atoms. The second-order valence-corrected chi connectivity index (χ2v) is 6.02. The molecule has 0 saturated heterocycles. The molecule has 0 unspecified atom stereocenters. The first-order valence-electron chi connectivity index (χ1n) is 8.17. The quantitative estimate of drug-likeness (QED) is 0.641. The Morgan fingerprint density at radius 1 is 1.08 bits per heavy atom. The van der Waals surface area contributed by atoms with E-state index in [-0.39, 0.29) is 23.8 Å². The molecule has 1 amide bonds. The van der Waals surface area contributed by atoms with Gasteiger partial charge in [-0.25, -0.2) is 0 Å². The predicted octanol–water partition coefficient (Wildman–Crippen LogP) is 0.961. The van der Waals surface area contributed by atoms with Crippen molar-refractivity contribution in [1.82, 2.24) is 0 Å². The van der Waals surface area contributed by atoms with Crippen LogP contribution in [0.15, 0.2) is 24.3 Å². The van der Waals surface area contributed by atoms with Crippen LogP contribution in [0.25, 0.3) is 0 Å². The first kappa shape index (κ1) is 19.7. The van der Waals surface area contributed by atoms with Crippen molar-refractivity contribution >= 4 is 23.5 Å². The average Bonchev–Trinajstić information content (AvgIpc) is 2.51. The maximum absolute atomic E-state index is 12.0. The van der Waals surface area contributed by atoms with Gasteiger partial charge in [0.15, 0.2) is 0 Å². The summed E-state index contributed by atoms with van der Waals surface area (Å²) >= 11 is 0. The molecule has 1 N–H and O–H groups in total. The Kier molecular flexibility index (Phi) is 7.95. The number of carbonyl (C=O) groups is 3. The van der Waals surface area contributed by atoms with Crippen LogP contribution in [0.5, 0.6) is 0 Å². The van der Waals surface area contributed by atoms with Crippen molar-refractivity contribution in [1.29, 1.82) is 0 Å². The van der Waals surface area contributed by atoms with Gasteiger partial charge in [0.1, 0.15) is 0 Å². The number of aromatic carboxylic acids is 1. The third kappa shape index (κ3) is 6.40. The number of nitrogens with one attached hydrogen (secondary N) is 1. The molecule has 0 aliphatic heterocycles. The SMILES string of the molecule is CCCCC[C@@H](C(=O)[O-])[C@@H](C)CC(=O)Nc1ccc(C(=O)[O-])cc1. The molecule has 0 spiro atoms. The lowest BCUT2D eigenvalue weighted by Crippen LogP contribution is -2.36. The Hall–Kier alpha value is -2.37. The first-order chi connectivity index (χ1) is 11.3. The fourth-order valence-electron chi connectivity index (χ4n) is 2.59. The van der Waals surface area contributed by atoms with Crippen molar-refractivity contribution < 1.29 is 24.6 Å². The summed E-state index contributed by atoms with van der Waals surface area (Å²) in [5, 5.41) is 24.6. The van der Waals surface area contributed by atoms with Crippen molar-refractivity contribution in [3.63, 3.8) is 0 Å². The molecule has 132 valence electrons. The summed E-state index contributed by atoms with van der Waals surface area (Å²) in [4.78, 5) is 34.0. The molecule has 0 saturated carbocycles. The molecule has 0 aliphatic carbocycles. The number of rotatable bonds is 10. The minimum Gasteiger partial charge on any atom is -0.550 e. The lowest BCUT2D eigenvalue weighted by Gasteiger charge is -2.24. The number of anilines is 1. The van der Waals surface area contributed by atoms with E-state index in [0.29, 0.717) is 12.1 Å². The van der Waals surface area contributed by atoms with Gasteiger partial charge in [-0.05, 0) is 30.0 Å². The van der Waals surface area contributed by atoms with E-state index in [1.807, 2.05) is 6.92 Å². The summed E-state index contributed by atoms with van der Waals surface area (Å²) in [6, 6.07) is 5.60. The van der Waals surface area contributed by atoms with Crippen LogP contribution in [0.3, 0.4) is 0 Å². The molecule has 0 aliphatic rings. The molecule has 24 heavy (non-hydrogen) atoms. The van der Waals surface area contributed by atoms with E-state index in [4.69, 9.17) is 0 Å². The molecule has 0 radical (unpaired) electrons. The molecule has 1 rings (SSSR count). The standard InChI is InChI=1S/C18H25NO5/c1-3-4-5-6-15(18(23)24)12(2)11-16(20)19-14-9-7-13(8-10-14)17(21)22/h7-10,12,15H,3-6,11H2,1-2H3,(H,19,20)(H,21,22)(H,23,24)/p-2/t12-,15+/m0/s1. The van der Waals surface area contributed by atoms with Crippen LogP contribution in [-0.4, -0.2) is 17.8 Å². The molecule has 6 heteroatoms. The zero-order valence-corrected chi connectivity index (χ0v) is 14.0. The van der Waals surface area contributed by atoms with Crippen molar-refractivity contribution in [2.45, 2.75) is 46.0 Å². The summed E-state index contributed by atoms with van der Waals surface area (Å²) in [6.45, 7) is 3.77. The van der Waals surface area contributed by atoms with Gasteiger partial charge in [-0.2, -0.15) is 0 Å². The van der Waals surface area contributed by atoms with E-state index in [0.717, 1.165) is 19.3 Å². The number of carboxylic acids is 2. The highest BCUT2D eigenvalue weighted by atomic mass is 16.4. The highest BCUT2D eigenvalue weighted by Crippen LogP contribution is 2.22. The molecule has 0 heterocycles. The molecule has 2 atom stereocenters. The predicted molar refractivity (Wildman–Crippen MR) is 85.8 cm³/mol. The summed E-state index contributed by atoms with van der Waals surface area (Å²) in [5.41, 5.74) is 0.475. The number of unbranched alkanes of at least 4 members (excludes halogenated alkanes) is 2.